The van der Waals surface area contributed by atoms with Crippen molar-refractivity contribution >= 4 is 31.7 Å². The van der Waals surface area contributed by atoms with Crippen LogP contribution in [-0.2, 0) is 9.84 Å². The van der Waals surface area contributed by atoms with Gasteiger partial charge in [0, 0.05) is 23.3 Å². The van der Waals surface area contributed by atoms with Crippen LogP contribution in [0.5, 0.6) is 11.6 Å². The summed E-state index contributed by atoms with van der Waals surface area (Å²) < 4.78 is 30.9. The molecule has 2 aromatic carbocycles. The highest BCUT2D eigenvalue weighted by Gasteiger charge is 2.14. The number of halogens is 1. The molecule has 3 aromatic rings. The number of carbonyl (C=O) groups excluding carboxylic acids is 1. The maximum Gasteiger partial charge on any atom is 0.252 e. The highest BCUT2D eigenvalue weighted by molar-refractivity contribution is 9.10. The predicted octanol–water partition coefficient (Wildman–Crippen LogP) is 3.84. The smallest absolute Gasteiger partial charge is 0.252 e. The number of rotatable bonds is 7. The van der Waals surface area contributed by atoms with E-state index in [1.165, 1.54) is 18.3 Å². The summed E-state index contributed by atoms with van der Waals surface area (Å²) >= 11 is 3.36. The second-order valence-corrected chi connectivity index (χ2v) is 8.86. The zero-order chi connectivity index (χ0) is 20.0. The van der Waals surface area contributed by atoms with Gasteiger partial charge in [0.25, 0.3) is 5.91 Å². The van der Waals surface area contributed by atoms with Crippen molar-refractivity contribution in [3.8, 4) is 11.6 Å². The third kappa shape index (κ3) is 5.40. The van der Waals surface area contributed by atoms with Gasteiger partial charge in [0.05, 0.1) is 16.2 Å². The number of carbonyl (C=O) groups is 1. The van der Waals surface area contributed by atoms with Crippen molar-refractivity contribution in [2.45, 2.75) is 4.90 Å². The van der Waals surface area contributed by atoms with Gasteiger partial charge in [-0.05, 0) is 36.4 Å². The number of ether oxygens (including phenoxy) is 1. The lowest BCUT2D eigenvalue weighted by Gasteiger charge is -2.08. The predicted molar refractivity (Wildman–Crippen MR) is 109 cm³/mol. The number of aromatic nitrogens is 1. The standard InChI is InChI=1S/C20H17BrN2O4S/c21-16-5-4-6-17(13-16)27-19-10-9-15(14-23-19)20(24)22-11-12-28(25,26)18-7-2-1-3-8-18/h1-10,13-14H,11-12H2,(H,22,24). The molecule has 0 fully saturated rings. The van der Waals surface area contributed by atoms with Crippen molar-refractivity contribution in [2.75, 3.05) is 12.3 Å². The summed E-state index contributed by atoms with van der Waals surface area (Å²) in [6, 6.07) is 18.6. The van der Waals surface area contributed by atoms with Gasteiger partial charge in [0.2, 0.25) is 5.88 Å². The maximum absolute atomic E-state index is 12.2. The van der Waals surface area contributed by atoms with E-state index in [0.717, 1.165) is 4.47 Å². The Kier molecular flexibility index (Phi) is 6.43. The number of hydrogen-bond donors (Lipinski definition) is 1. The molecule has 0 aliphatic rings. The van der Waals surface area contributed by atoms with Crippen molar-refractivity contribution in [2.24, 2.45) is 0 Å². The highest BCUT2D eigenvalue weighted by Crippen LogP contribution is 2.22. The molecular formula is C20H17BrN2O4S. The summed E-state index contributed by atoms with van der Waals surface area (Å²) in [7, 11) is -3.44. The maximum atomic E-state index is 12.2. The van der Waals surface area contributed by atoms with Crippen LogP contribution < -0.4 is 10.1 Å². The van der Waals surface area contributed by atoms with E-state index in [4.69, 9.17) is 4.74 Å². The molecule has 144 valence electrons. The molecule has 0 atom stereocenters. The molecule has 0 spiro atoms. The van der Waals surface area contributed by atoms with Crippen LogP contribution in [-0.4, -0.2) is 31.6 Å². The molecular weight excluding hydrogens is 444 g/mol. The van der Waals surface area contributed by atoms with Crippen molar-refractivity contribution in [1.29, 1.82) is 0 Å². The number of hydrogen-bond acceptors (Lipinski definition) is 5. The fraction of sp³-hybridized carbons (Fsp3) is 0.100. The first-order valence-corrected chi connectivity index (χ1v) is 10.8. The Bertz CT molecular complexity index is 1060. The first kappa shape index (κ1) is 20.0. The molecule has 3 rings (SSSR count). The Morgan fingerprint density at radius 2 is 1.82 bits per heavy atom. The third-order valence-corrected chi connectivity index (χ3v) is 6.00. The third-order valence-electron chi connectivity index (χ3n) is 3.78. The molecule has 1 aromatic heterocycles. The fourth-order valence-electron chi connectivity index (χ4n) is 2.37. The summed E-state index contributed by atoms with van der Waals surface area (Å²) in [6.07, 6.45) is 1.38. The van der Waals surface area contributed by atoms with Crippen molar-refractivity contribution < 1.29 is 17.9 Å². The summed E-state index contributed by atoms with van der Waals surface area (Å²) in [4.78, 5) is 16.5. The first-order chi connectivity index (χ1) is 13.4. The van der Waals surface area contributed by atoms with E-state index in [1.54, 1.807) is 42.5 Å². The number of nitrogens with zero attached hydrogens (tertiary/aromatic N) is 1. The number of nitrogens with one attached hydrogen (secondary N) is 1. The van der Waals surface area contributed by atoms with Crippen LogP contribution in [0.3, 0.4) is 0 Å². The Hall–Kier alpha value is -2.71. The van der Waals surface area contributed by atoms with Gasteiger partial charge in [-0.15, -0.1) is 0 Å². The lowest BCUT2D eigenvalue weighted by atomic mass is 10.2. The van der Waals surface area contributed by atoms with Gasteiger partial charge in [-0.25, -0.2) is 13.4 Å². The first-order valence-electron chi connectivity index (χ1n) is 8.39. The van der Waals surface area contributed by atoms with Gasteiger partial charge in [-0.2, -0.15) is 0 Å². The second-order valence-electron chi connectivity index (χ2n) is 5.83. The van der Waals surface area contributed by atoms with Gasteiger partial charge in [-0.3, -0.25) is 4.79 Å². The average molecular weight is 461 g/mol. The largest absolute Gasteiger partial charge is 0.439 e. The van der Waals surface area contributed by atoms with Crippen molar-refractivity contribution in [3.05, 3.63) is 83.0 Å². The lowest BCUT2D eigenvalue weighted by Crippen LogP contribution is -2.29. The van der Waals surface area contributed by atoms with Crippen LogP contribution >= 0.6 is 15.9 Å². The van der Waals surface area contributed by atoms with E-state index in [1.807, 2.05) is 12.1 Å². The van der Waals surface area contributed by atoms with Crippen LogP contribution in [0.2, 0.25) is 0 Å². The Morgan fingerprint density at radius 1 is 1.04 bits per heavy atom. The molecule has 0 unspecified atom stereocenters. The van der Waals surface area contributed by atoms with E-state index in [2.05, 4.69) is 26.2 Å². The van der Waals surface area contributed by atoms with Crippen LogP contribution in [0.4, 0.5) is 0 Å². The highest BCUT2D eigenvalue weighted by atomic mass is 79.9. The minimum Gasteiger partial charge on any atom is -0.439 e. The summed E-state index contributed by atoms with van der Waals surface area (Å²) in [5.41, 5.74) is 0.318. The molecule has 1 amide bonds. The van der Waals surface area contributed by atoms with Crippen LogP contribution in [0, 0.1) is 0 Å². The van der Waals surface area contributed by atoms with Gasteiger partial charge < -0.3 is 10.1 Å². The summed E-state index contributed by atoms with van der Waals surface area (Å²) in [5, 5.41) is 2.60. The summed E-state index contributed by atoms with van der Waals surface area (Å²) in [5.74, 6) is 0.386. The van der Waals surface area contributed by atoms with E-state index in [9.17, 15) is 13.2 Å². The molecule has 6 nitrogen and oxygen atoms in total. The topological polar surface area (TPSA) is 85.4 Å². The van der Waals surface area contributed by atoms with Crippen LogP contribution in [0.15, 0.2) is 82.3 Å². The molecule has 1 heterocycles. The zero-order valence-electron chi connectivity index (χ0n) is 14.7. The fourth-order valence-corrected chi connectivity index (χ4v) is 3.93. The van der Waals surface area contributed by atoms with E-state index in [0.29, 0.717) is 17.2 Å². The van der Waals surface area contributed by atoms with Gasteiger partial charge >= 0.3 is 0 Å². The minimum absolute atomic E-state index is 0.00630. The molecule has 0 aliphatic heterocycles. The number of amides is 1. The van der Waals surface area contributed by atoms with Crippen LogP contribution in [0.1, 0.15) is 10.4 Å². The monoisotopic (exact) mass is 460 g/mol. The van der Waals surface area contributed by atoms with Gasteiger partial charge in [-0.1, -0.05) is 40.2 Å². The number of pyridine rings is 1. The second kappa shape index (κ2) is 8.99. The zero-order valence-corrected chi connectivity index (χ0v) is 17.1. The van der Waals surface area contributed by atoms with Crippen LogP contribution in [0.25, 0.3) is 0 Å². The van der Waals surface area contributed by atoms with E-state index < -0.39 is 15.7 Å². The van der Waals surface area contributed by atoms with E-state index >= 15 is 0 Å². The molecule has 0 radical (unpaired) electrons. The molecule has 1 N–H and O–H groups in total. The Labute approximate surface area is 171 Å². The van der Waals surface area contributed by atoms with Gasteiger partial charge in [0.1, 0.15) is 5.75 Å². The molecule has 0 bridgehead atoms. The quantitative estimate of drug-likeness (QED) is 0.578. The normalized spacial score (nSPS) is 11.0. The molecule has 8 heteroatoms. The van der Waals surface area contributed by atoms with E-state index in [-0.39, 0.29) is 17.2 Å². The summed E-state index contributed by atoms with van der Waals surface area (Å²) in [6.45, 7) is 0.00630. The van der Waals surface area contributed by atoms with Gasteiger partial charge in [0.15, 0.2) is 9.84 Å². The SMILES string of the molecule is O=C(NCCS(=O)(=O)c1ccccc1)c1ccc(Oc2cccc(Br)c2)nc1. The van der Waals surface area contributed by atoms with Crippen molar-refractivity contribution in [3.63, 3.8) is 0 Å². The molecule has 0 saturated carbocycles. The molecule has 0 saturated heterocycles. The Morgan fingerprint density at radius 3 is 2.50 bits per heavy atom. The molecule has 28 heavy (non-hydrogen) atoms. The van der Waals surface area contributed by atoms with Crippen molar-refractivity contribution in [1.82, 2.24) is 10.3 Å². The minimum atomic E-state index is -3.44. The number of benzene rings is 2. The Balaban J connectivity index is 1.55. The lowest BCUT2D eigenvalue weighted by molar-refractivity contribution is 0.0955. The molecule has 0 aliphatic carbocycles. The average Bonchev–Trinajstić information content (AvgIpc) is 2.69. The number of sulfone groups is 1.